The van der Waals surface area contributed by atoms with Gasteiger partial charge in [-0.25, -0.2) is 0 Å². The second kappa shape index (κ2) is 6.05. The number of nitrogens with zero attached hydrogens (tertiary/aromatic N) is 2. The molecule has 2 aliphatic heterocycles. The van der Waals surface area contributed by atoms with E-state index in [1.165, 1.54) is 83.1 Å². The van der Waals surface area contributed by atoms with E-state index in [0.717, 1.165) is 17.9 Å². The minimum absolute atomic E-state index is 0.488. The Morgan fingerprint density at radius 3 is 1.88 bits per heavy atom. The minimum atomic E-state index is 0.488. The molecule has 24 heavy (non-hydrogen) atoms. The first-order valence-corrected chi connectivity index (χ1v) is 10.4. The van der Waals surface area contributed by atoms with E-state index in [1.807, 2.05) is 0 Å². The highest BCUT2D eigenvalue weighted by atomic mass is 15.3. The molecule has 130 valence electrons. The van der Waals surface area contributed by atoms with E-state index in [-0.39, 0.29) is 0 Å². The van der Waals surface area contributed by atoms with Gasteiger partial charge in [0.05, 0.1) is 0 Å². The molecule has 2 bridgehead atoms. The number of piperidine rings is 1. The van der Waals surface area contributed by atoms with Gasteiger partial charge >= 0.3 is 0 Å². The molecule has 1 aromatic carbocycles. The van der Waals surface area contributed by atoms with Gasteiger partial charge < -0.3 is 4.90 Å². The third kappa shape index (κ3) is 2.41. The Bertz CT molecular complexity index is 539. The number of fused-ring (bicyclic) bond motifs is 2. The van der Waals surface area contributed by atoms with Crippen molar-refractivity contribution in [2.45, 2.75) is 69.4 Å². The van der Waals surface area contributed by atoms with Gasteiger partial charge in [-0.2, -0.15) is 0 Å². The highest BCUT2D eigenvalue weighted by molar-refractivity contribution is 5.52. The first-order chi connectivity index (χ1) is 11.9. The van der Waals surface area contributed by atoms with E-state index in [0.29, 0.717) is 5.54 Å². The van der Waals surface area contributed by atoms with Crippen LogP contribution in [-0.2, 0) is 0 Å². The van der Waals surface area contributed by atoms with Crippen molar-refractivity contribution in [1.82, 2.24) is 4.90 Å². The zero-order valence-electron chi connectivity index (χ0n) is 15.0. The summed E-state index contributed by atoms with van der Waals surface area (Å²) in [6, 6.07) is 12.1. The van der Waals surface area contributed by atoms with Crippen LogP contribution in [0.5, 0.6) is 0 Å². The number of rotatable bonds is 2. The normalized spacial score (nSPS) is 35.7. The summed E-state index contributed by atoms with van der Waals surface area (Å²) in [6.45, 7) is 3.96. The van der Waals surface area contributed by atoms with Crippen LogP contribution in [0.3, 0.4) is 0 Å². The van der Waals surface area contributed by atoms with Crippen molar-refractivity contribution in [3.05, 3.63) is 30.3 Å². The van der Waals surface area contributed by atoms with Crippen molar-refractivity contribution >= 4 is 5.69 Å². The molecule has 0 N–H and O–H groups in total. The van der Waals surface area contributed by atoms with Crippen LogP contribution >= 0.6 is 0 Å². The number of para-hydroxylation sites is 1. The Labute approximate surface area is 147 Å². The number of benzene rings is 1. The molecule has 0 radical (unpaired) electrons. The van der Waals surface area contributed by atoms with Gasteiger partial charge in [-0.1, -0.05) is 31.0 Å². The van der Waals surface area contributed by atoms with Crippen molar-refractivity contribution in [2.24, 2.45) is 11.8 Å². The third-order valence-electron chi connectivity index (χ3n) is 7.86. The van der Waals surface area contributed by atoms with Crippen LogP contribution in [0.2, 0.25) is 0 Å². The highest BCUT2D eigenvalue weighted by Crippen LogP contribution is 2.47. The van der Waals surface area contributed by atoms with Crippen molar-refractivity contribution in [1.29, 1.82) is 0 Å². The lowest BCUT2D eigenvalue weighted by Gasteiger charge is -2.60. The van der Waals surface area contributed by atoms with E-state index in [1.54, 1.807) is 0 Å². The maximum atomic E-state index is 2.93. The van der Waals surface area contributed by atoms with Crippen LogP contribution < -0.4 is 4.90 Å². The topological polar surface area (TPSA) is 6.48 Å². The number of anilines is 1. The molecule has 0 aromatic heterocycles. The Morgan fingerprint density at radius 2 is 1.33 bits per heavy atom. The van der Waals surface area contributed by atoms with Crippen molar-refractivity contribution in [3.63, 3.8) is 0 Å². The summed E-state index contributed by atoms with van der Waals surface area (Å²) in [5, 5.41) is 0. The molecule has 0 unspecified atom stereocenters. The smallest absolute Gasteiger partial charge is 0.0443 e. The fourth-order valence-corrected chi connectivity index (χ4v) is 6.55. The lowest BCUT2D eigenvalue weighted by molar-refractivity contribution is -0.0101. The first-order valence-electron chi connectivity index (χ1n) is 10.4. The van der Waals surface area contributed by atoms with E-state index in [9.17, 15) is 0 Å². The second-order valence-corrected chi connectivity index (χ2v) is 8.87. The van der Waals surface area contributed by atoms with E-state index in [4.69, 9.17) is 0 Å². The summed E-state index contributed by atoms with van der Waals surface area (Å²) in [7, 11) is 0. The molecule has 2 saturated heterocycles. The molecular weight excluding hydrogens is 292 g/mol. The van der Waals surface area contributed by atoms with Gasteiger partial charge in [0.2, 0.25) is 0 Å². The summed E-state index contributed by atoms with van der Waals surface area (Å²) in [4.78, 5) is 5.65. The predicted octanol–water partition coefficient (Wildman–Crippen LogP) is 4.70. The van der Waals surface area contributed by atoms with Crippen LogP contribution in [0.25, 0.3) is 0 Å². The largest absolute Gasteiger partial charge is 0.366 e. The number of hydrogen-bond donors (Lipinski definition) is 0. The third-order valence-corrected chi connectivity index (χ3v) is 7.86. The fraction of sp³-hybridized carbons (Fsp3) is 0.727. The van der Waals surface area contributed by atoms with Crippen LogP contribution in [0, 0.1) is 11.8 Å². The Morgan fingerprint density at radius 1 is 0.750 bits per heavy atom. The summed E-state index contributed by atoms with van der Waals surface area (Å²) >= 11 is 0. The quantitative estimate of drug-likeness (QED) is 0.778. The van der Waals surface area contributed by atoms with Gasteiger partial charge in [0.25, 0.3) is 0 Å². The molecule has 2 saturated carbocycles. The first kappa shape index (κ1) is 15.3. The maximum Gasteiger partial charge on any atom is 0.0443 e. The predicted molar refractivity (Wildman–Crippen MR) is 100 cm³/mol. The van der Waals surface area contributed by atoms with Gasteiger partial charge in [-0.15, -0.1) is 0 Å². The van der Waals surface area contributed by atoms with Crippen LogP contribution in [0.15, 0.2) is 30.3 Å². The standard InChI is InChI=1S/C22H32N2/c1-2-10-20(11-3-1)24-17-14-22(24)12-15-23(16-13-22)21-18-6-4-7-19(21)9-5-8-18/h1-3,10-11,18-19,21H,4-9,12-17H2. The van der Waals surface area contributed by atoms with Gasteiger partial charge in [0.1, 0.15) is 0 Å². The average molecular weight is 325 g/mol. The Balaban J connectivity index is 1.28. The fourth-order valence-electron chi connectivity index (χ4n) is 6.55. The SMILES string of the molecule is c1ccc(N2CCC23CCN(C2C4CCCC2CCC4)CC3)cc1. The molecule has 1 aromatic rings. The summed E-state index contributed by atoms with van der Waals surface area (Å²) in [5.74, 6) is 2.05. The summed E-state index contributed by atoms with van der Waals surface area (Å²) < 4.78 is 0. The van der Waals surface area contributed by atoms with E-state index >= 15 is 0 Å². The molecule has 5 rings (SSSR count). The number of hydrogen-bond acceptors (Lipinski definition) is 2. The maximum absolute atomic E-state index is 2.93. The lowest BCUT2D eigenvalue weighted by Crippen LogP contribution is -2.66. The molecule has 2 heterocycles. The molecule has 4 aliphatic rings. The monoisotopic (exact) mass is 324 g/mol. The molecule has 2 heteroatoms. The second-order valence-electron chi connectivity index (χ2n) is 8.87. The van der Waals surface area contributed by atoms with Gasteiger partial charge in [0.15, 0.2) is 0 Å². The van der Waals surface area contributed by atoms with Gasteiger partial charge in [0, 0.05) is 36.9 Å². The number of likely N-dealkylation sites (tertiary alicyclic amines) is 1. The van der Waals surface area contributed by atoms with Crippen LogP contribution in [-0.4, -0.2) is 36.1 Å². The summed E-state index contributed by atoms with van der Waals surface area (Å²) in [5.41, 5.74) is 1.94. The van der Waals surface area contributed by atoms with Crippen LogP contribution in [0.1, 0.15) is 57.8 Å². The van der Waals surface area contributed by atoms with E-state index < -0.39 is 0 Å². The Hall–Kier alpha value is -1.02. The van der Waals surface area contributed by atoms with Crippen molar-refractivity contribution in [3.8, 4) is 0 Å². The van der Waals surface area contributed by atoms with Gasteiger partial charge in [-0.05, 0) is 68.9 Å². The molecular formula is C22H32N2. The highest BCUT2D eigenvalue weighted by Gasteiger charge is 2.49. The zero-order valence-corrected chi connectivity index (χ0v) is 15.0. The molecule has 0 amide bonds. The van der Waals surface area contributed by atoms with Crippen molar-refractivity contribution < 1.29 is 0 Å². The van der Waals surface area contributed by atoms with Crippen LogP contribution in [0.4, 0.5) is 5.69 Å². The average Bonchev–Trinajstić information content (AvgIpc) is 2.61. The molecule has 2 nitrogen and oxygen atoms in total. The van der Waals surface area contributed by atoms with Gasteiger partial charge in [-0.3, -0.25) is 4.90 Å². The Kier molecular flexibility index (Phi) is 3.85. The molecule has 0 atom stereocenters. The molecule has 2 aliphatic carbocycles. The molecule has 1 spiro atoms. The lowest BCUT2D eigenvalue weighted by atomic mass is 9.66. The minimum Gasteiger partial charge on any atom is -0.366 e. The summed E-state index contributed by atoms with van der Waals surface area (Å²) in [6.07, 6.45) is 13.2. The zero-order chi connectivity index (χ0) is 16.0. The van der Waals surface area contributed by atoms with Crippen molar-refractivity contribution in [2.75, 3.05) is 24.5 Å². The molecule has 4 fully saturated rings. The van der Waals surface area contributed by atoms with E-state index in [2.05, 4.69) is 40.1 Å².